The number of aromatic hydroxyl groups is 1. The van der Waals surface area contributed by atoms with E-state index in [1.54, 1.807) is 18.2 Å². The zero-order valence-electron chi connectivity index (χ0n) is 16.6. The third-order valence-corrected chi connectivity index (χ3v) is 4.04. The summed E-state index contributed by atoms with van der Waals surface area (Å²) in [5, 5.41) is 9.35. The average Bonchev–Trinajstić information content (AvgIpc) is 2.71. The SMILES string of the molecule is C=CCc1c(OCCC)cc(C=CC(=O)c2ccc(O)cc2)cc1OCCC. The van der Waals surface area contributed by atoms with Gasteiger partial charge in [0.1, 0.15) is 17.2 Å². The van der Waals surface area contributed by atoms with Gasteiger partial charge >= 0.3 is 0 Å². The Bertz CT molecular complexity index is 790. The molecular weight excluding hydrogens is 352 g/mol. The van der Waals surface area contributed by atoms with Crippen molar-refractivity contribution in [1.82, 2.24) is 0 Å². The normalized spacial score (nSPS) is 10.8. The molecule has 0 aliphatic rings. The Balaban J connectivity index is 2.34. The summed E-state index contributed by atoms with van der Waals surface area (Å²) >= 11 is 0. The third-order valence-electron chi connectivity index (χ3n) is 4.04. The van der Waals surface area contributed by atoms with Crippen LogP contribution < -0.4 is 9.47 Å². The number of benzene rings is 2. The van der Waals surface area contributed by atoms with Gasteiger partial charge in [0.15, 0.2) is 5.78 Å². The highest BCUT2D eigenvalue weighted by Gasteiger charge is 2.12. The largest absolute Gasteiger partial charge is 0.508 e. The lowest BCUT2D eigenvalue weighted by atomic mass is 10.0. The van der Waals surface area contributed by atoms with Crippen molar-refractivity contribution in [3.8, 4) is 17.2 Å². The number of ether oxygens (including phenoxy) is 2. The number of rotatable bonds is 11. The van der Waals surface area contributed by atoms with E-state index in [9.17, 15) is 9.90 Å². The van der Waals surface area contributed by atoms with Gasteiger partial charge in [-0.05, 0) is 67.3 Å². The smallest absolute Gasteiger partial charge is 0.185 e. The summed E-state index contributed by atoms with van der Waals surface area (Å²) in [6, 6.07) is 10.0. The first-order valence-corrected chi connectivity index (χ1v) is 9.63. The van der Waals surface area contributed by atoms with E-state index in [1.165, 1.54) is 18.2 Å². The fraction of sp³-hybridized carbons (Fsp3) is 0.292. The molecule has 0 saturated heterocycles. The lowest BCUT2D eigenvalue weighted by Gasteiger charge is -2.16. The van der Waals surface area contributed by atoms with Crippen LogP contribution in [0.4, 0.5) is 0 Å². The van der Waals surface area contributed by atoms with Crippen LogP contribution in [0.5, 0.6) is 17.2 Å². The number of allylic oxidation sites excluding steroid dienone is 2. The fourth-order valence-corrected chi connectivity index (χ4v) is 2.66. The van der Waals surface area contributed by atoms with E-state index < -0.39 is 0 Å². The van der Waals surface area contributed by atoms with E-state index in [1.807, 2.05) is 18.2 Å². The van der Waals surface area contributed by atoms with Crippen LogP contribution in [-0.2, 0) is 6.42 Å². The summed E-state index contributed by atoms with van der Waals surface area (Å²) in [6.07, 6.45) is 7.55. The second-order valence-corrected chi connectivity index (χ2v) is 6.43. The second-order valence-electron chi connectivity index (χ2n) is 6.43. The molecule has 4 nitrogen and oxygen atoms in total. The molecule has 0 aliphatic heterocycles. The lowest BCUT2D eigenvalue weighted by molar-refractivity contribution is 0.104. The maximum atomic E-state index is 12.4. The summed E-state index contributed by atoms with van der Waals surface area (Å²) in [5.41, 5.74) is 2.32. The van der Waals surface area contributed by atoms with Crippen LogP contribution in [0.15, 0.2) is 55.1 Å². The molecule has 0 heterocycles. The van der Waals surface area contributed by atoms with Crippen LogP contribution in [-0.4, -0.2) is 24.1 Å². The van der Waals surface area contributed by atoms with Crippen LogP contribution >= 0.6 is 0 Å². The summed E-state index contributed by atoms with van der Waals surface area (Å²) in [6.45, 7) is 9.16. The number of phenolic OH excluding ortho intramolecular Hbond substituents is 1. The van der Waals surface area contributed by atoms with Crippen molar-refractivity contribution >= 4 is 11.9 Å². The van der Waals surface area contributed by atoms with Crippen molar-refractivity contribution in [2.45, 2.75) is 33.1 Å². The van der Waals surface area contributed by atoms with Crippen LogP contribution in [0.1, 0.15) is 48.2 Å². The third kappa shape index (κ3) is 6.02. The molecule has 0 saturated carbocycles. The Morgan fingerprint density at radius 1 is 1.04 bits per heavy atom. The Labute approximate surface area is 167 Å². The summed E-state index contributed by atoms with van der Waals surface area (Å²) in [5.74, 6) is 1.51. The van der Waals surface area contributed by atoms with Gasteiger partial charge < -0.3 is 14.6 Å². The molecule has 2 rings (SSSR count). The molecule has 0 atom stereocenters. The van der Waals surface area contributed by atoms with Gasteiger partial charge in [-0.2, -0.15) is 0 Å². The van der Waals surface area contributed by atoms with Crippen molar-refractivity contribution in [3.63, 3.8) is 0 Å². The minimum atomic E-state index is -0.137. The number of hydrogen-bond donors (Lipinski definition) is 1. The minimum absolute atomic E-state index is 0.133. The van der Waals surface area contributed by atoms with E-state index in [2.05, 4.69) is 20.4 Å². The monoisotopic (exact) mass is 380 g/mol. The van der Waals surface area contributed by atoms with E-state index in [-0.39, 0.29) is 11.5 Å². The highest BCUT2D eigenvalue weighted by molar-refractivity contribution is 6.06. The number of hydrogen-bond acceptors (Lipinski definition) is 4. The Hall–Kier alpha value is -3.01. The first kappa shape index (κ1) is 21.3. The maximum Gasteiger partial charge on any atom is 0.185 e. The van der Waals surface area contributed by atoms with E-state index in [0.29, 0.717) is 25.2 Å². The molecule has 0 aliphatic carbocycles. The lowest BCUT2D eigenvalue weighted by Crippen LogP contribution is -2.04. The van der Waals surface area contributed by atoms with Gasteiger partial charge in [0.25, 0.3) is 0 Å². The molecule has 2 aromatic rings. The molecule has 1 N–H and O–H groups in total. The summed E-state index contributed by atoms with van der Waals surface area (Å²) in [4.78, 5) is 12.4. The van der Waals surface area contributed by atoms with Gasteiger partial charge in [-0.1, -0.05) is 26.0 Å². The summed E-state index contributed by atoms with van der Waals surface area (Å²) in [7, 11) is 0. The molecule has 148 valence electrons. The number of phenols is 1. The maximum absolute atomic E-state index is 12.4. The zero-order valence-corrected chi connectivity index (χ0v) is 16.6. The van der Waals surface area contributed by atoms with Crippen LogP contribution in [0.25, 0.3) is 6.08 Å². The first-order chi connectivity index (χ1) is 13.6. The highest BCUT2D eigenvalue weighted by Crippen LogP contribution is 2.32. The second kappa shape index (κ2) is 11.0. The average molecular weight is 380 g/mol. The molecule has 0 bridgehead atoms. The molecule has 0 spiro atoms. The Kier molecular flexibility index (Phi) is 8.35. The molecule has 0 radical (unpaired) electrons. The molecule has 28 heavy (non-hydrogen) atoms. The standard InChI is InChI=1S/C24H28O4/c1-4-7-21-23(27-14-5-2)16-18(17-24(21)28-15-6-3)8-13-22(26)19-9-11-20(25)12-10-19/h4,8-13,16-17,25H,1,5-7,14-15H2,2-3H3. The predicted octanol–water partition coefficient (Wildman–Crippen LogP) is 5.59. The molecule has 4 heteroatoms. The van der Waals surface area contributed by atoms with Crippen molar-refractivity contribution in [1.29, 1.82) is 0 Å². The molecular formula is C24H28O4. The minimum Gasteiger partial charge on any atom is -0.508 e. The first-order valence-electron chi connectivity index (χ1n) is 9.63. The van der Waals surface area contributed by atoms with Gasteiger partial charge in [-0.15, -0.1) is 6.58 Å². The van der Waals surface area contributed by atoms with Crippen LogP contribution in [0.2, 0.25) is 0 Å². The van der Waals surface area contributed by atoms with Crippen molar-refractivity contribution in [2.75, 3.05) is 13.2 Å². The van der Waals surface area contributed by atoms with Crippen molar-refractivity contribution < 1.29 is 19.4 Å². The van der Waals surface area contributed by atoms with Gasteiger partial charge in [-0.3, -0.25) is 4.79 Å². The quantitative estimate of drug-likeness (QED) is 0.313. The Morgan fingerprint density at radius 2 is 1.61 bits per heavy atom. The van der Waals surface area contributed by atoms with Gasteiger partial charge in [-0.25, -0.2) is 0 Å². The number of carbonyl (C=O) groups excluding carboxylic acids is 1. The van der Waals surface area contributed by atoms with Crippen LogP contribution in [0, 0.1) is 0 Å². The topological polar surface area (TPSA) is 55.8 Å². The van der Waals surface area contributed by atoms with Gasteiger partial charge in [0.2, 0.25) is 0 Å². The molecule has 0 aromatic heterocycles. The molecule has 0 unspecified atom stereocenters. The van der Waals surface area contributed by atoms with Gasteiger partial charge in [0.05, 0.1) is 13.2 Å². The zero-order chi connectivity index (χ0) is 20.4. The molecule has 0 amide bonds. The van der Waals surface area contributed by atoms with E-state index in [4.69, 9.17) is 9.47 Å². The molecule has 2 aromatic carbocycles. The van der Waals surface area contributed by atoms with E-state index >= 15 is 0 Å². The van der Waals surface area contributed by atoms with Crippen LogP contribution in [0.3, 0.4) is 0 Å². The summed E-state index contributed by atoms with van der Waals surface area (Å²) < 4.78 is 11.9. The fourth-order valence-electron chi connectivity index (χ4n) is 2.66. The number of carbonyl (C=O) groups is 1. The van der Waals surface area contributed by atoms with E-state index in [0.717, 1.165) is 35.5 Å². The highest BCUT2D eigenvalue weighted by atomic mass is 16.5. The van der Waals surface area contributed by atoms with Crippen molar-refractivity contribution in [3.05, 3.63) is 71.8 Å². The Morgan fingerprint density at radius 3 is 2.11 bits per heavy atom. The number of ketones is 1. The van der Waals surface area contributed by atoms with Crippen molar-refractivity contribution in [2.24, 2.45) is 0 Å². The molecule has 0 fully saturated rings. The predicted molar refractivity (Wildman–Crippen MR) is 113 cm³/mol. The van der Waals surface area contributed by atoms with Gasteiger partial charge in [0, 0.05) is 11.1 Å².